The summed E-state index contributed by atoms with van der Waals surface area (Å²) in [6.45, 7) is 6.25. The Hall–Kier alpha value is -1.87. The normalized spacial score (nSPS) is 11.0. The Kier molecular flexibility index (Phi) is 7.26. The lowest BCUT2D eigenvalue weighted by Gasteiger charge is -2.09. The van der Waals surface area contributed by atoms with Crippen LogP contribution in [0.15, 0.2) is 11.4 Å². The number of hydrogen-bond acceptors (Lipinski definition) is 7. The molecule has 0 spiro atoms. The Morgan fingerprint density at radius 2 is 2.17 bits per heavy atom. The van der Waals surface area contributed by atoms with Crippen LogP contribution in [0.1, 0.15) is 20.3 Å². The minimum absolute atomic E-state index is 0.0326. The predicted molar refractivity (Wildman–Crippen MR) is 95.4 cm³/mol. The van der Waals surface area contributed by atoms with Gasteiger partial charge in [0, 0.05) is 26.6 Å². The van der Waals surface area contributed by atoms with Crippen LogP contribution in [0.3, 0.4) is 0 Å². The standard InChI is InChI=1S/C15H24N6O2S/c1-4-12(22)16-6-8-21-14-11(10-18-21)13(17-7-9-23-3)19-15(20-14)24-5-2/h10H,4-9H2,1-3H3,(H,16,22)(H,17,19,20). The number of carbonyl (C=O) groups excluding carboxylic acids is 1. The fourth-order valence-corrected chi connectivity index (χ4v) is 2.69. The minimum atomic E-state index is 0.0326. The van der Waals surface area contributed by atoms with Crippen LogP contribution in [-0.4, -0.2) is 58.2 Å². The maximum absolute atomic E-state index is 11.4. The molecule has 2 aromatic heterocycles. The number of nitrogens with one attached hydrogen (secondary N) is 2. The van der Waals surface area contributed by atoms with Crippen LogP contribution in [-0.2, 0) is 16.1 Å². The van der Waals surface area contributed by atoms with E-state index in [0.717, 1.165) is 22.6 Å². The van der Waals surface area contributed by atoms with Gasteiger partial charge in [0.1, 0.15) is 5.82 Å². The lowest BCUT2D eigenvalue weighted by Crippen LogP contribution is -2.26. The summed E-state index contributed by atoms with van der Waals surface area (Å²) in [5, 5.41) is 12.1. The predicted octanol–water partition coefficient (Wildman–Crippen LogP) is 1.52. The molecule has 0 aliphatic heterocycles. The first-order valence-corrected chi connectivity index (χ1v) is 9.04. The summed E-state index contributed by atoms with van der Waals surface area (Å²) >= 11 is 1.58. The van der Waals surface area contributed by atoms with E-state index in [-0.39, 0.29) is 5.91 Å². The molecule has 0 fully saturated rings. The van der Waals surface area contributed by atoms with Gasteiger partial charge in [0.25, 0.3) is 0 Å². The van der Waals surface area contributed by atoms with Gasteiger partial charge in [0.05, 0.1) is 24.7 Å². The molecular formula is C15H24N6O2S. The Labute approximate surface area is 145 Å². The van der Waals surface area contributed by atoms with Crippen LogP contribution >= 0.6 is 11.8 Å². The van der Waals surface area contributed by atoms with Gasteiger partial charge in [-0.25, -0.2) is 14.6 Å². The van der Waals surface area contributed by atoms with E-state index in [1.54, 1.807) is 29.8 Å². The zero-order valence-electron chi connectivity index (χ0n) is 14.3. The van der Waals surface area contributed by atoms with Crippen molar-refractivity contribution in [2.75, 3.05) is 37.9 Å². The molecular weight excluding hydrogens is 328 g/mol. The van der Waals surface area contributed by atoms with Crippen molar-refractivity contribution in [1.82, 2.24) is 25.1 Å². The topological polar surface area (TPSA) is 94.0 Å². The first-order valence-electron chi connectivity index (χ1n) is 8.05. The van der Waals surface area contributed by atoms with E-state index in [1.807, 2.05) is 6.92 Å². The molecule has 0 saturated heterocycles. The van der Waals surface area contributed by atoms with Crippen molar-refractivity contribution in [3.05, 3.63) is 6.20 Å². The van der Waals surface area contributed by atoms with Gasteiger partial charge < -0.3 is 15.4 Å². The van der Waals surface area contributed by atoms with Crippen LogP contribution in [0.2, 0.25) is 0 Å². The van der Waals surface area contributed by atoms with Crippen molar-refractivity contribution < 1.29 is 9.53 Å². The summed E-state index contributed by atoms with van der Waals surface area (Å²) in [7, 11) is 1.66. The van der Waals surface area contributed by atoms with Gasteiger partial charge in [0.2, 0.25) is 5.91 Å². The van der Waals surface area contributed by atoms with Crippen molar-refractivity contribution in [3.8, 4) is 0 Å². The van der Waals surface area contributed by atoms with Crippen LogP contribution in [0.25, 0.3) is 11.0 Å². The molecule has 0 aliphatic carbocycles. The van der Waals surface area contributed by atoms with Gasteiger partial charge in [-0.3, -0.25) is 4.79 Å². The molecule has 0 radical (unpaired) electrons. The van der Waals surface area contributed by atoms with E-state index >= 15 is 0 Å². The summed E-state index contributed by atoms with van der Waals surface area (Å²) in [6.07, 6.45) is 2.24. The number of aromatic nitrogens is 4. The number of methoxy groups -OCH3 is 1. The monoisotopic (exact) mass is 352 g/mol. The quantitative estimate of drug-likeness (QED) is 0.380. The molecule has 8 nitrogen and oxygen atoms in total. The van der Waals surface area contributed by atoms with Gasteiger partial charge in [-0.05, 0) is 5.75 Å². The Balaban J connectivity index is 2.21. The van der Waals surface area contributed by atoms with E-state index in [4.69, 9.17) is 4.74 Å². The van der Waals surface area contributed by atoms with Crippen molar-refractivity contribution >= 4 is 34.5 Å². The molecule has 132 valence electrons. The summed E-state index contributed by atoms with van der Waals surface area (Å²) < 4.78 is 6.87. The fourth-order valence-electron chi connectivity index (χ4n) is 2.13. The molecule has 2 N–H and O–H groups in total. The summed E-state index contributed by atoms with van der Waals surface area (Å²) in [6, 6.07) is 0. The molecule has 0 saturated carbocycles. The maximum Gasteiger partial charge on any atom is 0.219 e. The third-order valence-corrected chi connectivity index (χ3v) is 4.04. The summed E-state index contributed by atoms with van der Waals surface area (Å²) in [4.78, 5) is 20.5. The number of thioether (sulfide) groups is 1. The van der Waals surface area contributed by atoms with E-state index in [2.05, 4.69) is 32.6 Å². The molecule has 2 aromatic rings. The highest BCUT2D eigenvalue weighted by Gasteiger charge is 2.13. The van der Waals surface area contributed by atoms with Crippen molar-refractivity contribution in [1.29, 1.82) is 0 Å². The lowest BCUT2D eigenvalue weighted by molar-refractivity contribution is -0.120. The Morgan fingerprint density at radius 1 is 1.33 bits per heavy atom. The van der Waals surface area contributed by atoms with Crippen molar-refractivity contribution in [2.24, 2.45) is 0 Å². The third kappa shape index (κ3) is 4.81. The molecule has 0 atom stereocenters. The second-order valence-electron chi connectivity index (χ2n) is 5.02. The number of amides is 1. The van der Waals surface area contributed by atoms with Gasteiger partial charge >= 0.3 is 0 Å². The zero-order valence-corrected chi connectivity index (χ0v) is 15.2. The van der Waals surface area contributed by atoms with Gasteiger partial charge in [-0.2, -0.15) is 5.10 Å². The highest BCUT2D eigenvalue weighted by atomic mass is 32.2. The van der Waals surface area contributed by atoms with Crippen LogP contribution in [0.4, 0.5) is 5.82 Å². The number of nitrogens with zero attached hydrogens (tertiary/aromatic N) is 4. The first kappa shape index (κ1) is 18.5. The van der Waals surface area contributed by atoms with Crippen molar-refractivity contribution in [3.63, 3.8) is 0 Å². The highest BCUT2D eigenvalue weighted by Crippen LogP contribution is 2.24. The molecule has 0 bridgehead atoms. The van der Waals surface area contributed by atoms with Crippen LogP contribution in [0.5, 0.6) is 0 Å². The molecule has 2 heterocycles. The van der Waals surface area contributed by atoms with Crippen molar-refractivity contribution in [2.45, 2.75) is 32.0 Å². The number of hydrogen-bond donors (Lipinski definition) is 2. The molecule has 24 heavy (non-hydrogen) atoms. The molecule has 1 amide bonds. The van der Waals surface area contributed by atoms with Gasteiger partial charge in [-0.1, -0.05) is 25.6 Å². The highest BCUT2D eigenvalue weighted by molar-refractivity contribution is 7.99. The van der Waals surface area contributed by atoms with Crippen LogP contribution in [0, 0.1) is 0 Å². The zero-order chi connectivity index (χ0) is 17.4. The third-order valence-electron chi connectivity index (χ3n) is 3.31. The lowest BCUT2D eigenvalue weighted by atomic mass is 10.4. The van der Waals surface area contributed by atoms with Gasteiger partial charge in [0.15, 0.2) is 10.8 Å². The van der Waals surface area contributed by atoms with E-state index in [0.29, 0.717) is 37.8 Å². The molecule has 9 heteroatoms. The fraction of sp³-hybridized carbons (Fsp3) is 0.600. The second kappa shape index (κ2) is 9.43. The summed E-state index contributed by atoms with van der Waals surface area (Å²) in [5.74, 6) is 1.69. The average molecular weight is 352 g/mol. The van der Waals surface area contributed by atoms with E-state index < -0.39 is 0 Å². The molecule has 2 rings (SSSR count). The number of carbonyl (C=O) groups is 1. The molecule has 0 unspecified atom stereocenters. The average Bonchev–Trinajstić information content (AvgIpc) is 2.98. The van der Waals surface area contributed by atoms with Gasteiger partial charge in [-0.15, -0.1) is 0 Å². The maximum atomic E-state index is 11.4. The Morgan fingerprint density at radius 3 is 2.88 bits per heavy atom. The minimum Gasteiger partial charge on any atom is -0.383 e. The van der Waals surface area contributed by atoms with E-state index in [1.165, 1.54) is 0 Å². The smallest absolute Gasteiger partial charge is 0.219 e. The summed E-state index contributed by atoms with van der Waals surface area (Å²) in [5.41, 5.74) is 0.770. The number of rotatable bonds is 10. The Bertz CT molecular complexity index is 675. The largest absolute Gasteiger partial charge is 0.383 e. The van der Waals surface area contributed by atoms with E-state index in [9.17, 15) is 4.79 Å². The SMILES string of the molecule is CCSc1nc(NCCOC)c2cnn(CCNC(=O)CC)c2n1. The number of ether oxygens (including phenoxy) is 1. The molecule has 0 aliphatic rings. The number of fused-ring (bicyclic) bond motifs is 1. The number of anilines is 1. The first-order chi connectivity index (χ1) is 11.7. The van der Waals surface area contributed by atoms with Crippen LogP contribution < -0.4 is 10.6 Å². The second-order valence-corrected chi connectivity index (χ2v) is 6.25. The molecule has 0 aromatic carbocycles.